The van der Waals surface area contributed by atoms with E-state index in [4.69, 9.17) is 4.74 Å². The molecule has 1 N–H and O–H groups in total. The Morgan fingerprint density at radius 2 is 2.38 bits per heavy atom. The topological polar surface area (TPSA) is 34.2 Å². The zero-order valence-corrected chi connectivity index (χ0v) is 13.2. The molecule has 2 atom stereocenters. The Bertz CT molecular complexity index is 579. The molecule has 2 unspecified atom stereocenters. The van der Waals surface area contributed by atoms with Crippen molar-refractivity contribution in [3.05, 3.63) is 42.2 Å². The van der Waals surface area contributed by atoms with Gasteiger partial charge in [0, 0.05) is 29.3 Å². The molecule has 1 saturated heterocycles. The zero-order chi connectivity index (χ0) is 14.5. The fourth-order valence-electron chi connectivity index (χ4n) is 2.86. The fourth-order valence-corrected chi connectivity index (χ4v) is 3.76. The molecule has 1 aromatic carbocycles. The molecular weight excluding hydrogens is 280 g/mol. The van der Waals surface area contributed by atoms with Gasteiger partial charge in [-0.1, -0.05) is 25.1 Å². The number of benzene rings is 1. The van der Waals surface area contributed by atoms with E-state index < -0.39 is 0 Å². The average molecular weight is 302 g/mol. The zero-order valence-electron chi connectivity index (χ0n) is 12.4. The number of ether oxygens (including phenoxy) is 1. The first-order valence-corrected chi connectivity index (χ1v) is 8.81. The smallest absolute Gasteiger partial charge is 0.0860 e. The Morgan fingerprint density at radius 1 is 1.43 bits per heavy atom. The summed E-state index contributed by atoms with van der Waals surface area (Å²) in [6.07, 6.45) is 5.18. The molecule has 0 saturated carbocycles. The summed E-state index contributed by atoms with van der Waals surface area (Å²) in [5.74, 6) is 2.17. The van der Waals surface area contributed by atoms with Gasteiger partial charge >= 0.3 is 0 Å². The van der Waals surface area contributed by atoms with Gasteiger partial charge in [-0.3, -0.25) is 4.98 Å². The maximum absolute atomic E-state index is 6.04. The fraction of sp³-hybridized carbons (Fsp3) is 0.471. The molecule has 0 radical (unpaired) electrons. The molecule has 4 heteroatoms. The van der Waals surface area contributed by atoms with Crippen molar-refractivity contribution in [2.24, 2.45) is 0 Å². The summed E-state index contributed by atoms with van der Waals surface area (Å²) in [6.45, 7) is 4.07. The summed E-state index contributed by atoms with van der Waals surface area (Å²) in [4.78, 5) is 4.23. The number of thioether (sulfide) groups is 1. The third-order valence-corrected chi connectivity index (χ3v) is 4.90. The van der Waals surface area contributed by atoms with Gasteiger partial charge in [0.2, 0.25) is 0 Å². The van der Waals surface area contributed by atoms with Crippen LogP contribution in [0.25, 0.3) is 10.8 Å². The summed E-state index contributed by atoms with van der Waals surface area (Å²) in [7, 11) is 0. The lowest BCUT2D eigenvalue weighted by Crippen LogP contribution is -2.38. The highest BCUT2D eigenvalue weighted by Crippen LogP contribution is 2.30. The Kier molecular flexibility index (Phi) is 5.12. The molecular formula is C17H22N2OS. The predicted molar refractivity (Wildman–Crippen MR) is 89.8 cm³/mol. The lowest BCUT2D eigenvalue weighted by molar-refractivity contribution is 0.0472. The Hall–Kier alpha value is -1.10. The maximum atomic E-state index is 6.04. The van der Waals surface area contributed by atoms with Gasteiger partial charge in [0.15, 0.2) is 0 Å². The van der Waals surface area contributed by atoms with Gasteiger partial charge in [0.25, 0.3) is 0 Å². The molecule has 1 aromatic heterocycles. The van der Waals surface area contributed by atoms with Gasteiger partial charge < -0.3 is 10.1 Å². The number of rotatable bonds is 5. The Morgan fingerprint density at radius 3 is 3.19 bits per heavy atom. The van der Waals surface area contributed by atoms with Crippen LogP contribution in [-0.4, -0.2) is 35.7 Å². The van der Waals surface area contributed by atoms with Crippen LogP contribution >= 0.6 is 11.8 Å². The van der Waals surface area contributed by atoms with Gasteiger partial charge in [-0.15, -0.1) is 0 Å². The number of hydrogen-bond donors (Lipinski definition) is 1. The molecule has 0 amide bonds. The minimum absolute atomic E-state index is 0.245. The Balaban J connectivity index is 1.96. The maximum Gasteiger partial charge on any atom is 0.0860 e. The van der Waals surface area contributed by atoms with Crippen molar-refractivity contribution >= 4 is 22.5 Å². The second kappa shape index (κ2) is 7.25. The molecule has 112 valence electrons. The van der Waals surface area contributed by atoms with Gasteiger partial charge in [-0.25, -0.2) is 0 Å². The summed E-state index contributed by atoms with van der Waals surface area (Å²) in [6, 6.07) is 8.83. The standard InChI is InChI=1S/C17H22N2OS/c1-2-7-19-17(16-12-21-10-9-20-16)15-5-3-4-13-11-18-8-6-14(13)15/h3-6,8,11,16-17,19H,2,7,9-10,12H2,1H3. The van der Waals surface area contributed by atoms with E-state index in [0.29, 0.717) is 0 Å². The summed E-state index contributed by atoms with van der Waals surface area (Å²) >= 11 is 1.99. The van der Waals surface area contributed by atoms with Crippen LogP contribution in [0.1, 0.15) is 24.9 Å². The monoisotopic (exact) mass is 302 g/mol. The quantitative estimate of drug-likeness (QED) is 0.918. The number of aromatic nitrogens is 1. The minimum atomic E-state index is 0.245. The van der Waals surface area contributed by atoms with Gasteiger partial charge in [0.1, 0.15) is 0 Å². The van der Waals surface area contributed by atoms with Crippen molar-refractivity contribution in [2.75, 3.05) is 24.7 Å². The van der Waals surface area contributed by atoms with Crippen LogP contribution in [0.15, 0.2) is 36.7 Å². The number of hydrogen-bond acceptors (Lipinski definition) is 4. The summed E-state index contributed by atoms with van der Waals surface area (Å²) in [5, 5.41) is 6.16. The van der Waals surface area contributed by atoms with Crippen molar-refractivity contribution in [2.45, 2.75) is 25.5 Å². The van der Waals surface area contributed by atoms with Crippen LogP contribution in [0.2, 0.25) is 0 Å². The molecule has 2 heterocycles. The highest BCUT2D eigenvalue weighted by molar-refractivity contribution is 7.99. The van der Waals surface area contributed by atoms with Gasteiger partial charge in [-0.05, 0) is 30.0 Å². The van der Waals surface area contributed by atoms with E-state index >= 15 is 0 Å². The largest absolute Gasteiger partial charge is 0.375 e. The molecule has 1 aliphatic heterocycles. The van der Waals surface area contributed by atoms with Crippen LogP contribution in [-0.2, 0) is 4.74 Å². The van der Waals surface area contributed by atoms with E-state index in [1.807, 2.05) is 24.2 Å². The first-order chi connectivity index (χ1) is 10.4. The first-order valence-electron chi connectivity index (χ1n) is 7.65. The van der Waals surface area contributed by atoms with Crippen molar-refractivity contribution in [3.8, 4) is 0 Å². The van der Waals surface area contributed by atoms with E-state index in [1.165, 1.54) is 16.3 Å². The van der Waals surface area contributed by atoms with Crippen molar-refractivity contribution < 1.29 is 4.74 Å². The van der Waals surface area contributed by atoms with Crippen molar-refractivity contribution in [3.63, 3.8) is 0 Å². The molecule has 1 fully saturated rings. The van der Waals surface area contributed by atoms with Gasteiger partial charge in [0.05, 0.1) is 18.8 Å². The van der Waals surface area contributed by atoms with E-state index in [1.54, 1.807) is 0 Å². The number of nitrogens with one attached hydrogen (secondary N) is 1. The molecule has 0 bridgehead atoms. The van der Waals surface area contributed by atoms with Crippen LogP contribution in [0.3, 0.4) is 0 Å². The SMILES string of the molecule is CCCNC(c1cccc2cnccc12)C1CSCCO1. The highest BCUT2D eigenvalue weighted by Gasteiger charge is 2.26. The van der Waals surface area contributed by atoms with E-state index in [9.17, 15) is 0 Å². The second-order valence-corrected chi connectivity index (χ2v) is 6.51. The molecule has 1 aliphatic rings. The highest BCUT2D eigenvalue weighted by atomic mass is 32.2. The van der Waals surface area contributed by atoms with Crippen LogP contribution in [0.5, 0.6) is 0 Å². The third kappa shape index (κ3) is 3.39. The lowest BCUT2D eigenvalue weighted by Gasteiger charge is -2.32. The van der Waals surface area contributed by atoms with Gasteiger partial charge in [-0.2, -0.15) is 11.8 Å². The average Bonchev–Trinajstić information content (AvgIpc) is 2.56. The summed E-state index contributed by atoms with van der Waals surface area (Å²) < 4.78 is 6.04. The molecule has 21 heavy (non-hydrogen) atoms. The Labute approximate surface area is 130 Å². The first kappa shape index (κ1) is 14.8. The molecule has 0 aliphatic carbocycles. The van der Waals surface area contributed by atoms with Crippen molar-refractivity contribution in [1.29, 1.82) is 0 Å². The van der Waals surface area contributed by atoms with Crippen molar-refractivity contribution in [1.82, 2.24) is 10.3 Å². The predicted octanol–water partition coefficient (Wildman–Crippen LogP) is 3.41. The normalized spacial score (nSPS) is 20.5. The second-order valence-electron chi connectivity index (χ2n) is 5.36. The minimum Gasteiger partial charge on any atom is -0.375 e. The van der Waals surface area contributed by atoms with Crippen LogP contribution in [0, 0.1) is 0 Å². The van der Waals surface area contributed by atoms with E-state index in [0.717, 1.165) is 31.1 Å². The number of pyridine rings is 1. The molecule has 3 nitrogen and oxygen atoms in total. The van der Waals surface area contributed by atoms with Crippen LogP contribution < -0.4 is 5.32 Å². The molecule has 0 spiro atoms. The van der Waals surface area contributed by atoms with E-state index in [-0.39, 0.29) is 12.1 Å². The lowest BCUT2D eigenvalue weighted by atomic mass is 9.96. The number of nitrogens with zero attached hydrogens (tertiary/aromatic N) is 1. The number of fused-ring (bicyclic) bond motifs is 1. The molecule has 3 rings (SSSR count). The third-order valence-electron chi connectivity index (χ3n) is 3.88. The van der Waals surface area contributed by atoms with Crippen LogP contribution in [0.4, 0.5) is 0 Å². The van der Waals surface area contributed by atoms with E-state index in [2.05, 4.69) is 41.5 Å². The summed E-state index contributed by atoms with van der Waals surface area (Å²) in [5.41, 5.74) is 1.33. The molecule has 2 aromatic rings.